The van der Waals surface area contributed by atoms with Crippen LogP contribution in [0.25, 0.3) is 0 Å². The molecule has 5 nitrogen and oxygen atoms in total. The fraction of sp³-hybridized carbons (Fsp3) is 0.615. The summed E-state index contributed by atoms with van der Waals surface area (Å²) in [4.78, 5) is 4.05. The van der Waals surface area contributed by atoms with Gasteiger partial charge in [0.25, 0.3) is 10.0 Å². The molecule has 1 unspecified atom stereocenters. The van der Waals surface area contributed by atoms with Crippen molar-refractivity contribution >= 4 is 15.7 Å². The Bertz CT molecular complexity index is 530. The molecule has 0 saturated carbocycles. The normalized spacial score (nSPS) is 21.9. The molecule has 1 aromatic heterocycles. The molecule has 1 fully saturated rings. The summed E-state index contributed by atoms with van der Waals surface area (Å²) in [7, 11) is -1.78. The van der Waals surface area contributed by atoms with E-state index in [0.717, 1.165) is 19.3 Å². The first kappa shape index (κ1) is 14.3. The molecule has 1 aliphatic heterocycles. The third-order valence-corrected chi connectivity index (χ3v) is 5.46. The van der Waals surface area contributed by atoms with Crippen molar-refractivity contribution < 1.29 is 8.42 Å². The summed E-state index contributed by atoms with van der Waals surface area (Å²) in [6.07, 6.45) is 4.45. The van der Waals surface area contributed by atoms with E-state index in [2.05, 4.69) is 17.2 Å². The molecular formula is C13H21N3O2S. The summed E-state index contributed by atoms with van der Waals surface area (Å²) in [5.41, 5.74) is 0.555. The molecule has 106 valence electrons. The number of aromatic nitrogens is 1. The maximum Gasteiger partial charge on any atom is 0.262 e. The molecule has 1 saturated heterocycles. The Labute approximate surface area is 115 Å². The second-order valence-electron chi connectivity index (χ2n) is 5.05. The van der Waals surface area contributed by atoms with Gasteiger partial charge in [-0.2, -0.15) is 4.31 Å². The lowest BCUT2D eigenvalue weighted by Crippen LogP contribution is -2.33. The Morgan fingerprint density at radius 1 is 1.37 bits per heavy atom. The van der Waals surface area contributed by atoms with Gasteiger partial charge in [0.15, 0.2) is 5.03 Å². The predicted molar refractivity (Wildman–Crippen MR) is 75.6 cm³/mol. The minimum atomic E-state index is -3.49. The molecule has 2 heterocycles. The van der Waals surface area contributed by atoms with Gasteiger partial charge in [0, 0.05) is 26.3 Å². The van der Waals surface area contributed by atoms with Crippen molar-refractivity contribution in [3.63, 3.8) is 0 Å². The first-order chi connectivity index (χ1) is 9.05. The fourth-order valence-corrected chi connectivity index (χ4v) is 3.99. The highest BCUT2D eigenvalue weighted by Crippen LogP contribution is 2.25. The van der Waals surface area contributed by atoms with Gasteiger partial charge in [-0.15, -0.1) is 0 Å². The minimum absolute atomic E-state index is 0.132. The average molecular weight is 283 g/mol. The van der Waals surface area contributed by atoms with E-state index in [-0.39, 0.29) is 5.03 Å². The Balaban J connectivity index is 2.31. The Hall–Kier alpha value is -1.14. The largest absolute Gasteiger partial charge is 0.386 e. The molecule has 1 aromatic rings. The lowest BCUT2D eigenvalue weighted by molar-refractivity contribution is 0.415. The molecule has 19 heavy (non-hydrogen) atoms. The van der Waals surface area contributed by atoms with Crippen LogP contribution in [0.2, 0.25) is 0 Å². The number of sulfonamides is 1. The van der Waals surface area contributed by atoms with Crippen LogP contribution in [0, 0.1) is 5.92 Å². The maximum absolute atomic E-state index is 12.6. The predicted octanol–water partition coefficient (Wildman–Crippen LogP) is 1.93. The topological polar surface area (TPSA) is 62.3 Å². The van der Waals surface area contributed by atoms with E-state index in [1.54, 1.807) is 23.5 Å². The first-order valence-electron chi connectivity index (χ1n) is 6.68. The van der Waals surface area contributed by atoms with Crippen LogP contribution in [0.3, 0.4) is 0 Å². The lowest BCUT2D eigenvalue weighted by atomic mass is 10.0. The van der Waals surface area contributed by atoms with Crippen LogP contribution >= 0.6 is 0 Å². The number of pyridine rings is 1. The first-order valence-corrected chi connectivity index (χ1v) is 8.12. The van der Waals surface area contributed by atoms with Gasteiger partial charge >= 0.3 is 0 Å². The average Bonchev–Trinajstić information content (AvgIpc) is 2.64. The van der Waals surface area contributed by atoms with Crippen LogP contribution in [-0.4, -0.2) is 37.8 Å². The highest BCUT2D eigenvalue weighted by atomic mass is 32.2. The van der Waals surface area contributed by atoms with Gasteiger partial charge < -0.3 is 5.32 Å². The van der Waals surface area contributed by atoms with Gasteiger partial charge in [-0.05, 0) is 37.3 Å². The molecule has 0 bridgehead atoms. The Morgan fingerprint density at radius 3 is 2.89 bits per heavy atom. The quantitative estimate of drug-likeness (QED) is 0.921. The number of nitrogens with zero attached hydrogens (tertiary/aromatic N) is 2. The second kappa shape index (κ2) is 5.88. The van der Waals surface area contributed by atoms with Crippen LogP contribution in [0.1, 0.15) is 26.2 Å². The summed E-state index contributed by atoms with van der Waals surface area (Å²) in [5, 5.41) is 3.03. The van der Waals surface area contributed by atoms with E-state index in [4.69, 9.17) is 0 Å². The van der Waals surface area contributed by atoms with Gasteiger partial charge in [0.05, 0.1) is 5.69 Å². The standard InChI is InChI=1S/C13H21N3O2S/c1-11-5-4-9-16(10-7-11)19(17,18)13-12(14-2)6-3-8-15-13/h3,6,8,11,14H,4-5,7,9-10H2,1-2H3. The van der Waals surface area contributed by atoms with Gasteiger partial charge in [-0.1, -0.05) is 6.92 Å². The van der Waals surface area contributed by atoms with Crippen molar-refractivity contribution in [3.05, 3.63) is 18.3 Å². The van der Waals surface area contributed by atoms with Crippen molar-refractivity contribution in [1.29, 1.82) is 0 Å². The molecule has 0 amide bonds. The van der Waals surface area contributed by atoms with Gasteiger partial charge in [-0.25, -0.2) is 13.4 Å². The molecule has 1 N–H and O–H groups in total. The van der Waals surface area contributed by atoms with E-state index in [0.29, 0.717) is 24.7 Å². The van der Waals surface area contributed by atoms with Gasteiger partial charge in [0.1, 0.15) is 0 Å². The third kappa shape index (κ3) is 3.06. The Kier molecular flexibility index (Phi) is 4.42. The van der Waals surface area contributed by atoms with Crippen molar-refractivity contribution in [3.8, 4) is 0 Å². The van der Waals surface area contributed by atoms with E-state index in [9.17, 15) is 8.42 Å². The summed E-state index contributed by atoms with van der Waals surface area (Å²) in [6, 6.07) is 3.47. The summed E-state index contributed by atoms with van der Waals surface area (Å²) >= 11 is 0. The summed E-state index contributed by atoms with van der Waals surface area (Å²) in [6.45, 7) is 3.35. The van der Waals surface area contributed by atoms with Crippen molar-refractivity contribution in [2.75, 3.05) is 25.5 Å². The molecular weight excluding hydrogens is 262 g/mol. The number of anilines is 1. The zero-order valence-electron chi connectivity index (χ0n) is 11.5. The van der Waals surface area contributed by atoms with Crippen LogP contribution in [-0.2, 0) is 10.0 Å². The van der Waals surface area contributed by atoms with E-state index >= 15 is 0 Å². The smallest absolute Gasteiger partial charge is 0.262 e. The minimum Gasteiger partial charge on any atom is -0.386 e. The van der Waals surface area contributed by atoms with Crippen molar-refractivity contribution in [1.82, 2.24) is 9.29 Å². The maximum atomic E-state index is 12.6. The molecule has 0 radical (unpaired) electrons. The van der Waals surface area contributed by atoms with Crippen LogP contribution in [0.5, 0.6) is 0 Å². The molecule has 1 atom stereocenters. The fourth-order valence-electron chi connectivity index (χ4n) is 2.39. The van der Waals surface area contributed by atoms with E-state index in [1.807, 2.05) is 0 Å². The number of nitrogens with one attached hydrogen (secondary N) is 1. The van der Waals surface area contributed by atoms with Crippen LogP contribution in [0.15, 0.2) is 23.4 Å². The Morgan fingerprint density at radius 2 is 2.16 bits per heavy atom. The molecule has 2 rings (SSSR count). The molecule has 1 aliphatic rings. The van der Waals surface area contributed by atoms with Crippen molar-refractivity contribution in [2.24, 2.45) is 5.92 Å². The summed E-state index contributed by atoms with van der Waals surface area (Å²) in [5.74, 6) is 0.590. The second-order valence-corrected chi connectivity index (χ2v) is 6.90. The highest BCUT2D eigenvalue weighted by Gasteiger charge is 2.29. The highest BCUT2D eigenvalue weighted by molar-refractivity contribution is 7.89. The summed E-state index contributed by atoms with van der Waals surface area (Å²) < 4.78 is 26.9. The monoisotopic (exact) mass is 283 g/mol. The lowest BCUT2D eigenvalue weighted by Gasteiger charge is -2.20. The number of rotatable bonds is 3. The third-order valence-electron chi connectivity index (χ3n) is 3.60. The number of hydrogen-bond donors (Lipinski definition) is 1. The molecule has 6 heteroatoms. The van der Waals surface area contributed by atoms with Crippen LogP contribution in [0.4, 0.5) is 5.69 Å². The molecule has 0 aliphatic carbocycles. The SMILES string of the molecule is CNc1cccnc1S(=O)(=O)N1CCCC(C)CC1. The van der Waals surface area contributed by atoms with Gasteiger partial charge in [0.2, 0.25) is 0 Å². The van der Waals surface area contributed by atoms with Gasteiger partial charge in [-0.3, -0.25) is 0 Å². The van der Waals surface area contributed by atoms with E-state index < -0.39 is 10.0 Å². The molecule has 0 spiro atoms. The van der Waals surface area contributed by atoms with Crippen LogP contribution < -0.4 is 5.32 Å². The zero-order chi connectivity index (χ0) is 13.9. The van der Waals surface area contributed by atoms with Crippen molar-refractivity contribution in [2.45, 2.75) is 31.2 Å². The number of hydrogen-bond acceptors (Lipinski definition) is 4. The molecule has 0 aromatic carbocycles. The van der Waals surface area contributed by atoms with E-state index in [1.165, 1.54) is 6.20 Å². The zero-order valence-corrected chi connectivity index (χ0v) is 12.3.